The van der Waals surface area contributed by atoms with Crippen molar-refractivity contribution in [3.05, 3.63) is 11.2 Å². The maximum absolute atomic E-state index is 12.0. The minimum atomic E-state index is -3.34. The Morgan fingerprint density at radius 3 is 2.75 bits per heavy atom. The Balaban J connectivity index is 2.09. The highest BCUT2D eigenvalue weighted by molar-refractivity contribution is 7.91. The summed E-state index contributed by atoms with van der Waals surface area (Å²) >= 11 is 1.22. The van der Waals surface area contributed by atoms with Crippen molar-refractivity contribution in [2.75, 3.05) is 0 Å². The molecule has 4 nitrogen and oxygen atoms in total. The molecule has 0 amide bonds. The molecule has 6 heteroatoms. The predicted molar refractivity (Wildman–Crippen MR) is 64.0 cm³/mol. The van der Waals surface area contributed by atoms with E-state index in [1.54, 1.807) is 6.92 Å². The fourth-order valence-electron chi connectivity index (χ4n) is 2.06. The first-order chi connectivity index (χ1) is 7.47. The molecule has 0 radical (unpaired) electrons. The molecule has 0 spiro atoms. The van der Waals surface area contributed by atoms with E-state index in [4.69, 9.17) is 0 Å². The van der Waals surface area contributed by atoms with Gasteiger partial charge in [-0.15, -0.1) is 11.3 Å². The molecule has 1 aliphatic rings. The number of hydrogen-bond donors (Lipinski definition) is 1. The number of thiazole rings is 1. The van der Waals surface area contributed by atoms with Gasteiger partial charge in [0.05, 0.1) is 11.2 Å². The normalized spacial score (nSPS) is 26.1. The number of hydrogen-bond acceptors (Lipinski definition) is 4. The number of nitrogens with one attached hydrogen (secondary N) is 1. The molecule has 0 saturated heterocycles. The Hall–Kier alpha value is -0.460. The van der Waals surface area contributed by atoms with Crippen LogP contribution in [0.4, 0.5) is 0 Å². The molecule has 1 fully saturated rings. The third kappa shape index (κ3) is 2.61. The van der Waals surface area contributed by atoms with Crippen molar-refractivity contribution in [1.29, 1.82) is 0 Å². The fourth-order valence-corrected chi connectivity index (χ4v) is 4.47. The number of sulfonamides is 1. The standard InChI is InChI=1S/C10H16N2O2S2/c1-7-3-4-9(5-7)12-16(13,14)10-6-11-8(2)15-10/h6-7,9,12H,3-5H2,1-2H3. The van der Waals surface area contributed by atoms with Crippen LogP contribution in [0.5, 0.6) is 0 Å². The van der Waals surface area contributed by atoms with Crippen molar-refractivity contribution in [2.24, 2.45) is 5.92 Å². The topological polar surface area (TPSA) is 59.1 Å². The van der Waals surface area contributed by atoms with Crippen LogP contribution in [0.25, 0.3) is 0 Å². The quantitative estimate of drug-likeness (QED) is 0.903. The second kappa shape index (κ2) is 4.43. The summed E-state index contributed by atoms with van der Waals surface area (Å²) in [6.07, 6.45) is 4.42. The second-order valence-corrected chi connectivity index (χ2v) is 7.61. The zero-order valence-electron chi connectivity index (χ0n) is 9.43. The minimum Gasteiger partial charge on any atom is -0.249 e. The van der Waals surface area contributed by atoms with Gasteiger partial charge in [-0.3, -0.25) is 0 Å². The summed E-state index contributed by atoms with van der Waals surface area (Å²) < 4.78 is 27.0. The molecule has 0 aliphatic heterocycles. The molecule has 1 heterocycles. The van der Waals surface area contributed by atoms with Gasteiger partial charge in [-0.05, 0) is 32.1 Å². The smallest absolute Gasteiger partial charge is 0.249 e. The minimum absolute atomic E-state index is 0.0995. The van der Waals surface area contributed by atoms with Crippen LogP contribution < -0.4 is 4.72 Å². The first kappa shape index (κ1) is 12.0. The summed E-state index contributed by atoms with van der Waals surface area (Å²) in [5.74, 6) is 0.621. The Bertz CT molecular complexity index is 467. The lowest BCUT2D eigenvalue weighted by Crippen LogP contribution is -2.32. The molecule has 0 aromatic carbocycles. The summed E-state index contributed by atoms with van der Waals surface area (Å²) in [4.78, 5) is 3.97. The zero-order chi connectivity index (χ0) is 11.8. The zero-order valence-corrected chi connectivity index (χ0v) is 11.1. The molecule has 1 aromatic rings. The second-order valence-electron chi connectivity index (χ2n) is 4.43. The van der Waals surface area contributed by atoms with Gasteiger partial charge in [0.15, 0.2) is 4.21 Å². The molecule has 90 valence electrons. The van der Waals surface area contributed by atoms with Gasteiger partial charge in [0, 0.05) is 6.04 Å². The Labute approximate surface area is 100 Å². The molecule has 2 atom stereocenters. The van der Waals surface area contributed by atoms with Gasteiger partial charge in [0.1, 0.15) is 0 Å². The molecule has 1 N–H and O–H groups in total. The molecule has 1 aromatic heterocycles. The average Bonchev–Trinajstić information content (AvgIpc) is 2.75. The van der Waals surface area contributed by atoms with Gasteiger partial charge in [0.25, 0.3) is 10.0 Å². The van der Waals surface area contributed by atoms with E-state index in [0.717, 1.165) is 24.3 Å². The van der Waals surface area contributed by atoms with Gasteiger partial charge in [-0.25, -0.2) is 18.1 Å². The van der Waals surface area contributed by atoms with Gasteiger partial charge < -0.3 is 0 Å². The lowest BCUT2D eigenvalue weighted by atomic mass is 10.1. The van der Waals surface area contributed by atoms with E-state index in [1.165, 1.54) is 17.5 Å². The molecule has 2 rings (SSSR count). The maximum Gasteiger partial charge on any atom is 0.251 e. The van der Waals surface area contributed by atoms with Crippen molar-refractivity contribution < 1.29 is 8.42 Å². The van der Waals surface area contributed by atoms with Crippen LogP contribution in [-0.4, -0.2) is 19.4 Å². The highest BCUT2D eigenvalue weighted by Gasteiger charge is 2.27. The molecule has 2 unspecified atom stereocenters. The summed E-state index contributed by atoms with van der Waals surface area (Å²) in [5.41, 5.74) is 0. The van der Waals surface area contributed by atoms with E-state index in [0.29, 0.717) is 10.1 Å². The van der Waals surface area contributed by atoms with E-state index in [2.05, 4.69) is 16.6 Å². The average molecular weight is 260 g/mol. The predicted octanol–water partition coefficient (Wildman–Crippen LogP) is 1.92. The molecule has 0 bridgehead atoms. The van der Waals surface area contributed by atoms with Crippen molar-refractivity contribution in [3.8, 4) is 0 Å². The summed E-state index contributed by atoms with van der Waals surface area (Å²) in [7, 11) is -3.34. The SMILES string of the molecule is Cc1ncc(S(=O)(=O)NC2CCC(C)C2)s1. The van der Waals surface area contributed by atoms with Crippen LogP contribution >= 0.6 is 11.3 Å². The third-order valence-electron chi connectivity index (χ3n) is 2.88. The van der Waals surface area contributed by atoms with Crippen LogP contribution in [0.15, 0.2) is 10.4 Å². The largest absolute Gasteiger partial charge is 0.251 e. The van der Waals surface area contributed by atoms with Crippen molar-refractivity contribution >= 4 is 21.4 Å². The van der Waals surface area contributed by atoms with E-state index in [-0.39, 0.29) is 6.04 Å². The molecular formula is C10H16N2O2S2. The van der Waals surface area contributed by atoms with Crippen LogP contribution in [0.3, 0.4) is 0 Å². The maximum atomic E-state index is 12.0. The number of rotatable bonds is 3. The molecule has 1 saturated carbocycles. The third-order valence-corrected chi connectivity index (χ3v) is 5.78. The van der Waals surface area contributed by atoms with E-state index in [1.807, 2.05) is 0 Å². The van der Waals surface area contributed by atoms with Crippen LogP contribution in [0.1, 0.15) is 31.2 Å². The first-order valence-corrected chi connectivity index (χ1v) is 7.72. The lowest BCUT2D eigenvalue weighted by molar-refractivity contribution is 0.539. The van der Waals surface area contributed by atoms with Gasteiger partial charge in [-0.1, -0.05) is 6.92 Å². The van der Waals surface area contributed by atoms with Gasteiger partial charge in [-0.2, -0.15) is 0 Å². The Morgan fingerprint density at radius 2 is 2.25 bits per heavy atom. The Morgan fingerprint density at radius 1 is 1.50 bits per heavy atom. The highest BCUT2D eigenvalue weighted by Crippen LogP contribution is 2.27. The highest BCUT2D eigenvalue weighted by atomic mass is 32.2. The first-order valence-electron chi connectivity index (χ1n) is 5.42. The van der Waals surface area contributed by atoms with Gasteiger partial charge >= 0.3 is 0 Å². The van der Waals surface area contributed by atoms with Crippen LogP contribution in [0, 0.1) is 12.8 Å². The van der Waals surface area contributed by atoms with Gasteiger partial charge in [0.2, 0.25) is 0 Å². The number of aromatic nitrogens is 1. The monoisotopic (exact) mass is 260 g/mol. The van der Waals surface area contributed by atoms with E-state index in [9.17, 15) is 8.42 Å². The fraction of sp³-hybridized carbons (Fsp3) is 0.700. The van der Waals surface area contributed by atoms with Crippen LogP contribution in [-0.2, 0) is 10.0 Å². The number of aryl methyl sites for hydroxylation is 1. The van der Waals surface area contributed by atoms with E-state index >= 15 is 0 Å². The Kier molecular flexibility index (Phi) is 3.32. The van der Waals surface area contributed by atoms with E-state index < -0.39 is 10.0 Å². The number of nitrogens with zero attached hydrogens (tertiary/aromatic N) is 1. The van der Waals surface area contributed by atoms with Crippen LogP contribution in [0.2, 0.25) is 0 Å². The van der Waals surface area contributed by atoms with Crippen molar-refractivity contribution in [3.63, 3.8) is 0 Å². The summed E-state index contributed by atoms with van der Waals surface area (Å²) in [5, 5.41) is 0.778. The molecule has 16 heavy (non-hydrogen) atoms. The summed E-state index contributed by atoms with van der Waals surface area (Å²) in [6.45, 7) is 3.96. The van der Waals surface area contributed by atoms with Crippen molar-refractivity contribution in [2.45, 2.75) is 43.4 Å². The van der Waals surface area contributed by atoms with Crippen molar-refractivity contribution in [1.82, 2.24) is 9.71 Å². The molecular weight excluding hydrogens is 244 g/mol. The lowest BCUT2D eigenvalue weighted by Gasteiger charge is -2.11. The summed E-state index contributed by atoms with van der Waals surface area (Å²) in [6, 6.07) is 0.0995. The molecule has 1 aliphatic carbocycles.